The number of nitrogens with one attached hydrogen (secondary N) is 2. The zero-order valence-corrected chi connectivity index (χ0v) is 16.5. The van der Waals surface area contributed by atoms with Crippen molar-refractivity contribution < 1.29 is 19.5 Å². The Morgan fingerprint density at radius 3 is 2.86 bits per heavy atom. The van der Waals surface area contributed by atoms with Gasteiger partial charge in [-0.3, -0.25) is 0 Å². The van der Waals surface area contributed by atoms with Gasteiger partial charge in [0.05, 0.1) is 19.3 Å². The van der Waals surface area contributed by atoms with Gasteiger partial charge >= 0.3 is 6.03 Å². The zero-order chi connectivity index (χ0) is 20.6. The van der Waals surface area contributed by atoms with E-state index in [1.807, 2.05) is 18.2 Å². The topological polar surface area (TPSA) is 118 Å². The van der Waals surface area contributed by atoms with Crippen LogP contribution in [0, 0.1) is 0 Å². The van der Waals surface area contributed by atoms with E-state index in [4.69, 9.17) is 32.0 Å². The molecule has 0 radical (unpaired) electrons. The molecule has 154 valence electrons. The van der Waals surface area contributed by atoms with Crippen LogP contribution < -0.4 is 21.1 Å². The molecule has 2 aromatic rings. The molecule has 1 heterocycles. The number of anilines is 1. The van der Waals surface area contributed by atoms with E-state index >= 15 is 0 Å². The molecule has 0 aliphatic carbocycles. The summed E-state index contributed by atoms with van der Waals surface area (Å²) < 4.78 is 5.53. The second-order valence-electron chi connectivity index (χ2n) is 6.48. The quantitative estimate of drug-likeness (QED) is 0.227. The Balaban J connectivity index is 1.70. The van der Waals surface area contributed by atoms with Gasteiger partial charge in [-0.05, 0) is 41.5 Å². The van der Waals surface area contributed by atoms with Crippen LogP contribution in [0.2, 0.25) is 5.02 Å². The number of benzene rings is 2. The number of nitrogens with two attached hydrogens (primary N) is 1. The number of ether oxygens (including phenoxy) is 1. The number of amidine groups is 1. The first-order valence-electron chi connectivity index (χ1n) is 9.19. The van der Waals surface area contributed by atoms with Gasteiger partial charge in [0.1, 0.15) is 12.4 Å². The normalized spacial score (nSPS) is 13.9. The Labute approximate surface area is 173 Å². The van der Waals surface area contributed by atoms with Crippen molar-refractivity contribution in [2.24, 2.45) is 10.9 Å². The summed E-state index contributed by atoms with van der Waals surface area (Å²) >= 11 is 5.86. The van der Waals surface area contributed by atoms with Crippen molar-refractivity contribution in [3.8, 4) is 5.75 Å². The third kappa shape index (κ3) is 6.00. The molecule has 0 aromatic heterocycles. The van der Waals surface area contributed by atoms with E-state index in [0.29, 0.717) is 23.7 Å². The highest BCUT2D eigenvalue weighted by molar-refractivity contribution is 6.30. The second-order valence-corrected chi connectivity index (χ2v) is 6.91. The molecule has 8 nitrogen and oxygen atoms in total. The van der Waals surface area contributed by atoms with Crippen molar-refractivity contribution in [1.82, 2.24) is 5.32 Å². The minimum Gasteiger partial charge on any atom is -0.493 e. The molecular formula is C20H23ClN4O4. The highest BCUT2D eigenvalue weighted by atomic mass is 35.5. The average Bonchev–Trinajstić information content (AvgIpc) is 3.17. The van der Waals surface area contributed by atoms with Crippen molar-refractivity contribution >= 4 is 29.2 Å². The third-order valence-electron chi connectivity index (χ3n) is 4.31. The van der Waals surface area contributed by atoms with Crippen LogP contribution in [0.25, 0.3) is 0 Å². The molecule has 0 spiro atoms. The summed E-state index contributed by atoms with van der Waals surface area (Å²) in [4.78, 5) is 17.4. The lowest BCUT2D eigenvalue weighted by molar-refractivity contribution is 0.0975. The minimum absolute atomic E-state index is 0.0145. The number of fused-ring (bicyclic) bond motifs is 1. The number of aliphatic hydroxyl groups excluding tert-OH is 1. The molecule has 0 saturated carbocycles. The predicted molar refractivity (Wildman–Crippen MR) is 111 cm³/mol. The van der Waals surface area contributed by atoms with Crippen LogP contribution in [-0.4, -0.2) is 42.8 Å². The summed E-state index contributed by atoms with van der Waals surface area (Å²) in [6.07, 6.45) is 1.26. The van der Waals surface area contributed by atoms with Gasteiger partial charge in [0.15, 0.2) is 5.84 Å². The highest BCUT2D eigenvalue weighted by Crippen LogP contribution is 2.26. The van der Waals surface area contributed by atoms with Gasteiger partial charge in [0.25, 0.3) is 0 Å². The number of aliphatic hydroxyl groups is 1. The smallest absolute Gasteiger partial charge is 0.319 e. The Kier molecular flexibility index (Phi) is 7.15. The van der Waals surface area contributed by atoms with E-state index in [0.717, 1.165) is 23.3 Å². The fraction of sp³-hybridized carbons (Fsp3) is 0.300. The Bertz CT molecular complexity index is 873. The first-order chi connectivity index (χ1) is 14.0. The maximum atomic E-state index is 12.5. The molecule has 0 unspecified atom stereocenters. The summed E-state index contributed by atoms with van der Waals surface area (Å²) in [7, 11) is 0. The van der Waals surface area contributed by atoms with Gasteiger partial charge in [-0.2, -0.15) is 0 Å². The van der Waals surface area contributed by atoms with Crippen LogP contribution in [0.5, 0.6) is 5.75 Å². The van der Waals surface area contributed by atoms with Gasteiger partial charge in [-0.25, -0.2) is 4.79 Å². The fourth-order valence-electron chi connectivity index (χ4n) is 2.92. The molecule has 9 heteroatoms. The molecule has 0 saturated heterocycles. The van der Waals surface area contributed by atoms with Crippen LogP contribution in [-0.2, 0) is 17.7 Å². The molecule has 1 aliphatic rings. The molecule has 5 N–H and O–H groups in total. The van der Waals surface area contributed by atoms with E-state index in [1.54, 1.807) is 24.3 Å². The largest absolute Gasteiger partial charge is 0.493 e. The number of oxime groups is 1. The maximum Gasteiger partial charge on any atom is 0.319 e. The van der Waals surface area contributed by atoms with Crippen LogP contribution >= 0.6 is 11.6 Å². The number of nitrogens with zero attached hydrogens (tertiary/aromatic N) is 1. The average molecular weight is 419 g/mol. The SMILES string of the molecule is N/C(=N\OCCO)[C@H](Cc1ccc2c(c1)CCO2)NC(=O)Nc1ccc(Cl)cc1. The van der Waals surface area contributed by atoms with Crippen LogP contribution in [0.4, 0.5) is 10.5 Å². The van der Waals surface area contributed by atoms with Crippen molar-refractivity contribution in [2.45, 2.75) is 18.9 Å². The lowest BCUT2D eigenvalue weighted by Gasteiger charge is -2.19. The highest BCUT2D eigenvalue weighted by Gasteiger charge is 2.20. The predicted octanol–water partition coefficient (Wildman–Crippen LogP) is 2.29. The van der Waals surface area contributed by atoms with Crippen LogP contribution in [0.3, 0.4) is 0 Å². The number of amides is 2. The van der Waals surface area contributed by atoms with Gasteiger partial charge in [0, 0.05) is 23.6 Å². The Morgan fingerprint density at radius 1 is 1.31 bits per heavy atom. The molecule has 3 rings (SSSR count). The van der Waals surface area contributed by atoms with Gasteiger partial charge < -0.3 is 31.0 Å². The van der Waals surface area contributed by atoms with E-state index in [1.165, 1.54) is 0 Å². The Morgan fingerprint density at radius 2 is 2.10 bits per heavy atom. The second kappa shape index (κ2) is 9.99. The number of hydrogen-bond acceptors (Lipinski definition) is 5. The van der Waals surface area contributed by atoms with Crippen molar-refractivity contribution in [2.75, 3.05) is 25.1 Å². The molecule has 1 aliphatic heterocycles. The maximum absolute atomic E-state index is 12.5. The molecule has 2 aromatic carbocycles. The number of hydrogen-bond donors (Lipinski definition) is 4. The number of carbonyl (C=O) groups excluding carboxylic acids is 1. The molecule has 29 heavy (non-hydrogen) atoms. The van der Waals surface area contributed by atoms with E-state index in [-0.39, 0.29) is 19.0 Å². The Hall–Kier alpha value is -2.97. The lowest BCUT2D eigenvalue weighted by atomic mass is 10.0. The van der Waals surface area contributed by atoms with Crippen molar-refractivity contribution in [3.05, 3.63) is 58.6 Å². The van der Waals surface area contributed by atoms with Crippen molar-refractivity contribution in [3.63, 3.8) is 0 Å². The summed E-state index contributed by atoms with van der Waals surface area (Å²) in [5.74, 6) is 0.980. The summed E-state index contributed by atoms with van der Waals surface area (Å²) in [5, 5.41) is 18.8. The van der Waals surface area contributed by atoms with E-state index in [9.17, 15) is 4.79 Å². The van der Waals surface area contributed by atoms with Gasteiger partial charge in [-0.15, -0.1) is 0 Å². The lowest BCUT2D eigenvalue weighted by Crippen LogP contribution is -2.47. The molecule has 0 fully saturated rings. The molecular weight excluding hydrogens is 396 g/mol. The number of carbonyl (C=O) groups is 1. The monoisotopic (exact) mass is 418 g/mol. The fourth-order valence-corrected chi connectivity index (χ4v) is 3.04. The third-order valence-corrected chi connectivity index (χ3v) is 4.56. The van der Waals surface area contributed by atoms with Crippen molar-refractivity contribution in [1.29, 1.82) is 0 Å². The summed E-state index contributed by atoms with van der Waals surface area (Å²) in [6.45, 7) is 0.500. The summed E-state index contributed by atoms with van der Waals surface area (Å²) in [6, 6.07) is 11.6. The minimum atomic E-state index is -0.610. The van der Waals surface area contributed by atoms with Crippen LogP contribution in [0.1, 0.15) is 11.1 Å². The number of urea groups is 1. The van der Waals surface area contributed by atoms with Gasteiger partial charge in [0.2, 0.25) is 0 Å². The standard InChI is InChI=1S/C20H23ClN4O4/c21-15-2-4-16(5-3-15)23-20(27)24-17(19(22)25-29-10-8-26)12-13-1-6-18-14(11-13)7-9-28-18/h1-6,11,17,26H,7-10,12H2,(H2,22,25)(H2,23,24,27)/t17-/m0/s1. The first-order valence-corrected chi connectivity index (χ1v) is 9.57. The number of halogens is 1. The molecule has 2 amide bonds. The molecule has 1 atom stereocenters. The van der Waals surface area contributed by atoms with Crippen LogP contribution in [0.15, 0.2) is 47.6 Å². The van der Waals surface area contributed by atoms with E-state index in [2.05, 4.69) is 15.8 Å². The van der Waals surface area contributed by atoms with E-state index < -0.39 is 12.1 Å². The number of rotatable bonds is 8. The zero-order valence-electron chi connectivity index (χ0n) is 15.7. The molecule has 0 bridgehead atoms. The first kappa shape index (κ1) is 20.8. The van der Waals surface area contributed by atoms with Gasteiger partial charge in [-0.1, -0.05) is 28.9 Å². The summed E-state index contributed by atoms with van der Waals surface area (Å²) in [5.41, 5.74) is 8.73.